The van der Waals surface area contributed by atoms with Gasteiger partial charge in [-0.2, -0.15) is 17.9 Å². The van der Waals surface area contributed by atoms with Gasteiger partial charge in [-0.05, 0) is 26.8 Å². The third kappa shape index (κ3) is 2.96. The molecule has 20 heavy (non-hydrogen) atoms. The van der Waals surface area contributed by atoms with E-state index in [2.05, 4.69) is 0 Å². The molecule has 0 saturated carbocycles. The van der Waals surface area contributed by atoms with Crippen molar-refractivity contribution < 1.29 is 31.5 Å². The molecule has 1 atom stereocenters. The van der Waals surface area contributed by atoms with Crippen molar-refractivity contribution in [3.8, 4) is 0 Å². The van der Waals surface area contributed by atoms with Gasteiger partial charge in [0.15, 0.2) is 0 Å². The van der Waals surface area contributed by atoms with Gasteiger partial charge in [0.1, 0.15) is 0 Å². The van der Waals surface area contributed by atoms with E-state index in [1.165, 1.54) is 17.7 Å². The number of aryl methyl sites for hydroxylation is 2. The Hall–Kier alpha value is -1.13. The van der Waals surface area contributed by atoms with Crippen molar-refractivity contribution in [1.82, 2.24) is 4.72 Å². The zero-order valence-electron chi connectivity index (χ0n) is 10.7. The molecule has 5 nitrogen and oxygen atoms in total. The normalized spacial score (nSPS) is 15.9. The molecule has 1 aromatic heterocycles. The topological polar surface area (TPSA) is 83.5 Å². The lowest BCUT2D eigenvalue weighted by atomic mass is 10.0. The summed E-state index contributed by atoms with van der Waals surface area (Å²) in [6, 6.07) is 1.20. The van der Waals surface area contributed by atoms with Crippen molar-refractivity contribution in [3.63, 3.8) is 0 Å². The van der Waals surface area contributed by atoms with E-state index in [0.29, 0.717) is 4.88 Å². The summed E-state index contributed by atoms with van der Waals surface area (Å²) in [5, 5.41) is 8.71. The number of carbonyl (C=O) groups is 1. The molecule has 2 N–H and O–H groups in total. The van der Waals surface area contributed by atoms with Gasteiger partial charge in [0.2, 0.25) is 15.6 Å². The number of rotatable bonds is 4. The Morgan fingerprint density at radius 3 is 2.15 bits per heavy atom. The molecule has 1 rings (SSSR count). The second-order valence-electron chi connectivity index (χ2n) is 4.31. The van der Waals surface area contributed by atoms with E-state index >= 15 is 0 Å². The van der Waals surface area contributed by atoms with Crippen LogP contribution in [0.2, 0.25) is 0 Å². The summed E-state index contributed by atoms with van der Waals surface area (Å²) in [4.78, 5) is 11.3. The molecule has 0 aromatic carbocycles. The highest BCUT2D eigenvalue weighted by Crippen LogP contribution is 2.33. The molecule has 0 amide bonds. The molecule has 1 aromatic rings. The van der Waals surface area contributed by atoms with Crippen molar-refractivity contribution in [2.45, 2.75) is 37.4 Å². The van der Waals surface area contributed by atoms with Gasteiger partial charge in [-0.25, -0.2) is 13.2 Å². The molecule has 114 valence electrons. The first-order chi connectivity index (χ1) is 8.81. The zero-order valence-corrected chi connectivity index (χ0v) is 12.3. The van der Waals surface area contributed by atoms with Crippen LogP contribution in [0.3, 0.4) is 0 Å². The number of alkyl halides is 3. The van der Waals surface area contributed by atoms with Crippen LogP contribution in [-0.4, -0.2) is 31.2 Å². The summed E-state index contributed by atoms with van der Waals surface area (Å²) >= 11 is 1.09. The third-order valence-electron chi connectivity index (χ3n) is 2.62. The van der Waals surface area contributed by atoms with Gasteiger partial charge >= 0.3 is 12.1 Å². The van der Waals surface area contributed by atoms with Crippen molar-refractivity contribution in [2.75, 3.05) is 0 Å². The van der Waals surface area contributed by atoms with Crippen molar-refractivity contribution in [2.24, 2.45) is 0 Å². The Kier molecular flexibility index (Phi) is 4.24. The van der Waals surface area contributed by atoms with E-state index in [9.17, 15) is 26.4 Å². The SMILES string of the molecule is Cc1cc(S(=O)(=O)NC(C)(C(=O)O)C(F)(F)F)c(C)s1. The number of carboxylic acids is 1. The molecular formula is C10H12F3NO4S2. The molecule has 0 aliphatic carbocycles. The zero-order chi connectivity index (χ0) is 15.9. The Balaban J connectivity index is 3.31. The van der Waals surface area contributed by atoms with E-state index in [4.69, 9.17) is 5.11 Å². The van der Waals surface area contributed by atoms with E-state index < -0.39 is 27.7 Å². The van der Waals surface area contributed by atoms with Crippen LogP contribution in [0.1, 0.15) is 16.7 Å². The van der Waals surface area contributed by atoms with E-state index in [1.807, 2.05) is 0 Å². The Labute approximate surface area is 117 Å². The number of aliphatic carboxylic acids is 1. The lowest BCUT2D eigenvalue weighted by Gasteiger charge is -2.28. The van der Waals surface area contributed by atoms with Crippen molar-refractivity contribution >= 4 is 27.3 Å². The lowest BCUT2D eigenvalue weighted by Crippen LogP contribution is -2.61. The summed E-state index contributed by atoms with van der Waals surface area (Å²) in [5.41, 5.74) is -3.59. The molecule has 1 unspecified atom stereocenters. The van der Waals surface area contributed by atoms with Crippen LogP contribution >= 0.6 is 11.3 Å². The predicted octanol–water partition coefficient (Wildman–Crippen LogP) is 2.05. The maximum atomic E-state index is 12.8. The summed E-state index contributed by atoms with van der Waals surface area (Å²) in [6.45, 7) is 3.29. The number of hydrogen-bond donors (Lipinski definition) is 2. The van der Waals surface area contributed by atoms with Crippen LogP contribution in [-0.2, 0) is 14.8 Å². The largest absolute Gasteiger partial charge is 0.480 e. The minimum absolute atomic E-state index is 0.265. The maximum absolute atomic E-state index is 12.8. The number of nitrogens with one attached hydrogen (secondary N) is 1. The Bertz CT molecular complexity index is 635. The Morgan fingerprint density at radius 2 is 1.85 bits per heavy atom. The smallest absolute Gasteiger partial charge is 0.418 e. The summed E-state index contributed by atoms with van der Waals surface area (Å²) in [5.74, 6) is -2.32. The number of hydrogen-bond acceptors (Lipinski definition) is 4. The number of sulfonamides is 1. The van der Waals surface area contributed by atoms with Gasteiger partial charge in [-0.3, -0.25) is 0 Å². The van der Waals surface area contributed by atoms with Crippen LogP contribution in [0.25, 0.3) is 0 Å². The first-order valence-electron chi connectivity index (χ1n) is 5.22. The highest BCUT2D eigenvalue weighted by atomic mass is 32.2. The standard InChI is InChI=1S/C10H12F3NO4S2/c1-5-4-7(6(2)19-5)20(17,18)14-9(3,8(15)16)10(11,12)13/h4,14H,1-3H3,(H,15,16). The van der Waals surface area contributed by atoms with Crippen LogP contribution in [0.4, 0.5) is 13.2 Å². The van der Waals surface area contributed by atoms with Gasteiger partial charge < -0.3 is 5.11 Å². The minimum Gasteiger partial charge on any atom is -0.480 e. The maximum Gasteiger partial charge on any atom is 0.418 e. The molecule has 1 heterocycles. The Morgan fingerprint density at radius 1 is 1.35 bits per heavy atom. The first-order valence-corrected chi connectivity index (χ1v) is 7.52. The van der Waals surface area contributed by atoms with Crippen LogP contribution in [0, 0.1) is 13.8 Å². The summed E-state index contributed by atoms with van der Waals surface area (Å²) in [7, 11) is -4.60. The average Bonchev–Trinajstić information content (AvgIpc) is 2.55. The van der Waals surface area contributed by atoms with Crippen LogP contribution in [0.5, 0.6) is 0 Å². The fourth-order valence-corrected chi connectivity index (χ4v) is 4.33. The third-order valence-corrected chi connectivity index (χ3v) is 5.39. The number of halogens is 3. The molecule has 0 fully saturated rings. The van der Waals surface area contributed by atoms with Gasteiger partial charge in [0.05, 0.1) is 4.90 Å². The minimum atomic E-state index is -5.27. The average molecular weight is 331 g/mol. The van der Waals surface area contributed by atoms with Gasteiger partial charge in [-0.1, -0.05) is 0 Å². The van der Waals surface area contributed by atoms with Crippen molar-refractivity contribution in [3.05, 3.63) is 15.8 Å². The molecule has 10 heteroatoms. The molecule has 0 aliphatic rings. The molecule has 0 radical (unpaired) electrons. The molecule has 0 saturated heterocycles. The van der Waals surface area contributed by atoms with Gasteiger partial charge in [0, 0.05) is 9.75 Å². The van der Waals surface area contributed by atoms with Gasteiger partial charge in [-0.15, -0.1) is 11.3 Å². The number of thiophene rings is 1. The number of carboxylic acid groups (broad SMARTS) is 1. The fourth-order valence-electron chi connectivity index (χ4n) is 1.42. The molecule has 0 spiro atoms. The van der Waals surface area contributed by atoms with E-state index in [-0.39, 0.29) is 16.7 Å². The monoisotopic (exact) mass is 331 g/mol. The van der Waals surface area contributed by atoms with Gasteiger partial charge in [0.25, 0.3) is 0 Å². The quantitative estimate of drug-likeness (QED) is 0.884. The van der Waals surface area contributed by atoms with Crippen molar-refractivity contribution in [1.29, 1.82) is 0 Å². The second-order valence-corrected chi connectivity index (χ2v) is 7.42. The predicted molar refractivity (Wildman–Crippen MR) is 66.2 cm³/mol. The molecule has 0 bridgehead atoms. The second kappa shape index (κ2) is 5.01. The molecule has 0 aliphatic heterocycles. The van der Waals surface area contributed by atoms with E-state index in [0.717, 1.165) is 11.3 Å². The fraction of sp³-hybridized carbons (Fsp3) is 0.500. The van der Waals surface area contributed by atoms with Crippen LogP contribution in [0.15, 0.2) is 11.0 Å². The first kappa shape index (κ1) is 16.9. The van der Waals surface area contributed by atoms with E-state index in [1.54, 1.807) is 6.92 Å². The highest BCUT2D eigenvalue weighted by molar-refractivity contribution is 7.89. The van der Waals surface area contributed by atoms with Crippen LogP contribution < -0.4 is 4.72 Å². The summed E-state index contributed by atoms with van der Waals surface area (Å²) < 4.78 is 63.6. The highest BCUT2D eigenvalue weighted by Gasteiger charge is 2.59. The lowest BCUT2D eigenvalue weighted by molar-refractivity contribution is -0.201. The summed E-state index contributed by atoms with van der Waals surface area (Å²) in [6.07, 6.45) is -5.27. The molecular weight excluding hydrogens is 319 g/mol.